The van der Waals surface area contributed by atoms with E-state index < -0.39 is 0 Å². The summed E-state index contributed by atoms with van der Waals surface area (Å²) in [6.45, 7) is 13.3. The van der Waals surface area contributed by atoms with Gasteiger partial charge in [-0.2, -0.15) is 0 Å². The van der Waals surface area contributed by atoms with E-state index in [2.05, 4.69) is 65.0 Å². The molecule has 0 bridgehead atoms. The van der Waals surface area contributed by atoms with Gasteiger partial charge in [-0.25, -0.2) is 0 Å². The van der Waals surface area contributed by atoms with Crippen LogP contribution in [0.3, 0.4) is 0 Å². The topological polar surface area (TPSA) is 43.4 Å². The van der Waals surface area contributed by atoms with Crippen LogP contribution in [-0.2, 0) is 16.1 Å². The molecule has 3 nitrogen and oxygen atoms in total. The van der Waals surface area contributed by atoms with Crippen molar-refractivity contribution in [1.82, 2.24) is 0 Å². The highest BCUT2D eigenvalue weighted by Gasteiger charge is 2.70. The number of allylic oxidation sites excluding steroid dienone is 2. The van der Waals surface area contributed by atoms with E-state index >= 15 is 0 Å². The van der Waals surface area contributed by atoms with Crippen LogP contribution in [0.25, 0.3) is 5.57 Å². The maximum Gasteiger partial charge on any atom is 0.312 e. The number of fused-ring (bicyclic) bond motifs is 7. The van der Waals surface area contributed by atoms with E-state index in [1.807, 2.05) is 30.3 Å². The first-order chi connectivity index (χ1) is 21.0. The lowest BCUT2D eigenvalue weighted by Gasteiger charge is -2.72. The zero-order valence-electron chi connectivity index (χ0n) is 27.7. The highest BCUT2D eigenvalue weighted by molar-refractivity contribution is 5.79. The van der Waals surface area contributed by atoms with Crippen LogP contribution in [-0.4, -0.2) is 12.3 Å². The van der Waals surface area contributed by atoms with Crippen LogP contribution < -0.4 is 0 Å². The molecule has 8 atom stereocenters. The molecule has 7 rings (SSSR count). The van der Waals surface area contributed by atoms with Crippen molar-refractivity contribution in [1.29, 1.82) is 0 Å². The standard InChI is InChI=1S/C41H52O3/c1-37(2)31(30-15-13-28(26-42)14-16-30)19-22-38(3)34(37)20-23-40(5)35(38)18-17-32-33-12-9-21-41(33,25-24-39(32,40)4)36(43)44-27-29-10-7-6-8-11-29/h6-8,10-11,13-16,19,26,32-35H,9,12,17-18,20-25,27H2,1-5H3/t32?,33-,34+,35-,38?,39-,40?,41?/m1/s1. The quantitative estimate of drug-likeness (QED) is 0.256. The lowest BCUT2D eigenvalue weighted by atomic mass is 9.32. The second-order valence-electron chi connectivity index (χ2n) is 16.7. The van der Waals surface area contributed by atoms with Gasteiger partial charge in [-0.05, 0) is 120 Å². The fourth-order valence-corrected chi connectivity index (χ4v) is 12.6. The summed E-state index contributed by atoms with van der Waals surface area (Å²) in [6.07, 6.45) is 15.2. The van der Waals surface area contributed by atoms with Crippen molar-refractivity contribution in [2.75, 3.05) is 0 Å². The molecule has 0 radical (unpaired) electrons. The normalized spacial score (nSPS) is 40.4. The number of esters is 1. The van der Waals surface area contributed by atoms with Gasteiger partial charge in [0.2, 0.25) is 0 Å². The van der Waals surface area contributed by atoms with Crippen LogP contribution >= 0.6 is 0 Å². The van der Waals surface area contributed by atoms with Crippen LogP contribution in [0.2, 0.25) is 0 Å². The van der Waals surface area contributed by atoms with E-state index in [0.717, 1.165) is 49.5 Å². The molecule has 3 heteroatoms. The first-order valence-corrected chi connectivity index (χ1v) is 17.5. The number of carbonyl (C=O) groups is 2. The van der Waals surface area contributed by atoms with E-state index in [-0.39, 0.29) is 33.0 Å². The predicted octanol–water partition coefficient (Wildman–Crippen LogP) is 10.1. The van der Waals surface area contributed by atoms with Crippen LogP contribution in [0.15, 0.2) is 60.7 Å². The number of ether oxygens (including phenoxy) is 1. The van der Waals surface area contributed by atoms with Gasteiger partial charge >= 0.3 is 5.97 Å². The third kappa shape index (κ3) is 4.12. The van der Waals surface area contributed by atoms with Crippen molar-refractivity contribution in [3.63, 3.8) is 0 Å². The predicted molar refractivity (Wildman–Crippen MR) is 177 cm³/mol. The molecule has 0 saturated heterocycles. The minimum Gasteiger partial charge on any atom is -0.460 e. The summed E-state index contributed by atoms with van der Waals surface area (Å²) >= 11 is 0. The van der Waals surface area contributed by atoms with Crippen molar-refractivity contribution in [2.45, 2.75) is 105 Å². The second-order valence-corrected chi connectivity index (χ2v) is 16.7. The van der Waals surface area contributed by atoms with E-state index in [1.165, 1.54) is 43.2 Å². The third-order valence-electron chi connectivity index (χ3n) is 14.9. The number of aldehydes is 1. The van der Waals surface area contributed by atoms with Crippen LogP contribution in [0.1, 0.15) is 120 Å². The van der Waals surface area contributed by atoms with Crippen molar-refractivity contribution in [3.8, 4) is 0 Å². The number of carbonyl (C=O) groups excluding carboxylic acids is 2. The Labute approximate surface area is 265 Å². The van der Waals surface area contributed by atoms with Crippen molar-refractivity contribution in [3.05, 3.63) is 77.4 Å². The number of benzene rings is 2. The molecule has 0 aliphatic heterocycles. The summed E-state index contributed by atoms with van der Waals surface area (Å²) in [5, 5.41) is 0. The summed E-state index contributed by atoms with van der Waals surface area (Å²) in [7, 11) is 0. The maximum absolute atomic E-state index is 14.0. The number of hydrogen-bond acceptors (Lipinski definition) is 3. The average Bonchev–Trinajstić information content (AvgIpc) is 3.46. The molecule has 5 aliphatic rings. The molecule has 0 N–H and O–H groups in total. The largest absolute Gasteiger partial charge is 0.460 e. The van der Waals surface area contributed by atoms with Gasteiger partial charge in [0.25, 0.3) is 0 Å². The Balaban J connectivity index is 1.16. The van der Waals surface area contributed by atoms with Gasteiger partial charge in [0.15, 0.2) is 0 Å². The van der Waals surface area contributed by atoms with E-state index in [0.29, 0.717) is 30.3 Å². The Morgan fingerprint density at radius 3 is 2.27 bits per heavy atom. The zero-order valence-corrected chi connectivity index (χ0v) is 27.7. The van der Waals surface area contributed by atoms with Crippen LogP contribution in [0.5, 0.6) is 0 Å². The van der Waals surface area contributed by atoms with E-state index in [4.69, 9.17) is 4.74 Å². The first kappa shape index (κ1) is 30.0. The molecule has 234 valence electrons. The zero-order chi connectivity index (χ0) is 31.0. The van der Waals surface area contributed by atoms with Gasteiger partial charge in [0, 0.05) is 5.56 Å². The molecule has 0 spiro atoms. The van der Waals surface area contributed by atoms with Gasteiger partial charge in [0.1, 0.15) is 12.9 Å². The Hall–Kier alpha value is -2.68. The van der Waals surface area contributed by atoms with Crippen molar-refractivity contribution < 1.29 is 14.3 Å². The van der Waals surface area contributed by atoms with Crippen molar-refractivity contribution in [2.24, 2.45) is 50.7 Å². The monoisotopic (exact) mass is 592 g/mol. The average molecular weight is 593 g/mol. The fourth-order valence-electron chi connectivity index (χ4n) is 12.6. The second kappa shape index (κ2) is 10.4. The molecule has 4 unspecified atom stereocenters. The molecule has 5 aliphatic carbocycles. The molecule has 0 heterocycles. The highest BCUT2D eigenvalue weighted by atomic mass is 16.5. The Morgan fingerprint density at radius 2 is 1.55 bits per heavy atom. The van der Waals surface area contributed by atoms with Gasteiger partial charge in [-0.3, -0.25) is 9.59 Å². The number of rotatable bonds is 5. The van der Waals surface area contributed by atoms with Gasteiger partial charge in [-0.15, -0.1) is 0 Å². The Bertz CT molecular complexity index is 1450. The molecule has 2 aromatic carbocycles. The summed E-state index contributed by atoms with van der Waals surface area (Å²) in [5.74, 6) is 2.45. The van der Waals surface area contributed by atoms with Gasteiger partial charge in [-0.1, -0.05) is 102 Å². The molecular formula is C41H52O3. The summed E-state index contributed by atoms with van der Waals surface area (Å²) in [4.78, 5) is 25.3. The van der Waals surface area contributed by atoms with E-state index in [1.54, 1.807) is 0 Å². The minimum atomic E-state index is -0.285. The third-order valence-corrected chi connectivity index (χ3v) is 14.9. The molecule has 0 amide bonds. The SMILES string of the molecule is CC1(C)C(c2ccc(C=O)cc2)=CCC2(C)[C@H]3CCC4[C@H]5CCCC5(C(=O)OCc5ccccc5)CC[C@@]4(C)C3(C)CC[C@@H]12. The lowest BCUT2D eigenvalue weighted by molar-refractivity contribution is -0.226. The molecule has 4 saturated carbocycles. The lowest BCUT2D eigenvalue weighted by Crippen LogP contribution is -2.65. The van der Waals surface area contributed by atoms with Crippen LogP contribution in [0.4, 0.5) is 0 Å². The fraction of sp³-hybridized carbons (Fsp3) is 0.610. The number of hydrogen-bond donors (Lipinski definition) is 0. The molecule has 2 aromatic rings. The first-order valence-electron chi connectivity index (χ1n) is 17.5. The smallest absolute Gasteiger partial charge is 0.312 e. The highest BCUT2D eigenvalue weighted by Crippen LogP contribution is 2.77. The molecule has 44 heavy (non-hydrogen) atoms. The maximum atomic E-state index is 14.0. The van der Waals surface area contributed by atoms with Gasteiger partial charge < -0.3 is 4.74 Å². The summed E-state index contributed by atoms with van der Waals surface area (Å²) in [6, 6.07) is 18.4. The molecule has 0 aromatic heterocycles. The minimum absolute atomic E-state index is 0.0739. The van der Waals surface area contributed by atoms with Crippen LogP contribution in [0, 0.1) is 50.7 Å². The molecule has 4 fully saturated rings. The Kier molecular flexibility index (Phi) is 7.11. The van der Waals surface area contributed by atoms with E-state index in [9.17, 15) is 9.59 Å². The molecular weight excluding hydrogens is 540 g/mol. The summed E-state index contributed by atoms with van der Waals surface area (Å²) in [5.41, 5.74) is 5.13. The van der Waals surface area contributed by atoms with Gasteiger partial charge in [0.05, 0.1) is 5.41 Å². The summed E-state index contributed by atoms with van der Waals surface area (Å²) < 4.78 is 6.12. The van der Waals surface area contributed by atoms with Crippen molar-refractivity contribution >= 4 is 17.8 Å². The Morgan fingerprint density at radius 1 is 0.795 bits per heavy atom.